The maximum Gasteiger partial charge on any atom is 0.277 e. The first-order valence-electron chi connectivity index (χ1n) is 7.71. The maximum atomic E-state index is 11.8. The zero-order valence-electron chi connectivity index (χ0n) is 13.4. The average molecular weight is 318 g/mol. The number of benzene rings is 3. The van der Waals surface area contributed by atoms with Gasteiger partial charge >= 0.3 is 0 Å². The van der Waals surface area contributed by atoms with Crippen LogP contribution in [0.25, 0.3) is 10.8 Å². The predicted octanol–water partition coefficient (Wildman–Crippen LogP) is 3.68. The van der Waals surface area contributed by atoms with Crippen LogP contribution in [-0.2, 0) is 4.79 Å². The summed E-state index contributed by atoms with van der Waals surface area (Å²) in [7, 11) is 0. The summed E-state index contributed by atoms with van der Waals surface area (Å²) in [6, 6.07) is 21.6. The summed E-state index contributed by atoms with van der Waals surface area (Å²) in [5.74, 6) is 0.360. The minimum absolute atomic E-state index is 0.0799. The highest BCUT2D eigenvalue weighted by molar-refractivity contribution is 5.84. The van der Waals surface area contributed by atoms with E-state index in [0.29, 0.717) is 5.75 Å². The van der Waals surface area contributed by atoms with Gasteiger partial charge in [0, 0.05) is 0 Å². The van der Waals surface area contributed by atoms with Gasteiger partial charge in [0.05, 0.1) is 6.21 Å². The molecule has 1 amide bonds. The molecule has 0 atom stereocenters. The molecule has 0 aliphatic carbocycles. The third-order valence-corrected chi connectivity index (χ3v) is 3.54. The first-order valence-corrected chi connectivity index (χ1v) is 7.71. The van der Waals surface area contributed by atoms with Crippen LogP contribution in [0.3, 0.4) is 0 Å². The van der Waals surface area contributed by atoms with Crippen molar-refractivity contribution in [2.45, 2.75) is 6.92 Å². The van der Waals surface area contributed by atoms with E-state index in [-0.39, 0.29) is 12.5 Å². The first-order chi connectivity index (χ1) is 11.7. The molecule has 0 heterocycles. The number of hydrogen-bond donors (Lipinski definition) is 1. The minimum Gasteiger partial charge on any atom is -0.484 e. The quantitative estimate of drug-likeness (QED) is 0.576. The van der Waals surface area contributed by atoms with Crippen molar-refractivity contribution in [2.24, 2.45) is 5.10 Å². The van der Waals surface area contributed by atoms with Gasteiger partial charge in [-0.2, -0.15) is 5.10 Å². The molecule has 1 N–H and O–H groups in total. The lowest BCUT2D eigenvalue weighted by Gasteiger charge is -2.06. The number of carbonyl (C=O) groups excluding carboxylic acids is 1. The number of nitrogens with one attached hydrogen (secondary N) is 1. The maximum absolute atomic E-state index is 11.8. The molecule has 0 saturated heterocycles. The van der Waals surface area contributed by atoms with E-state index in [1.54, 1.807) is 6.21 Å². The van der Waals surface area contributed by atoms with E-state index in [4.69, 9.17) is 4.74 Å². The molecule has 0 bridgehead atoms. The summed E-state index contributed by atoms with van der Waals surface area (Å²) in [6.07, 6.45) is 1.61. The van der Waals surface area contributed by atoms with Crippen LogP contribution >= 0.6 is 0 Å². The number of nitrogens with zero attached hydrogens (tertiary/aromatic N) is 1. The molecule has 120 valence electrons. The Kier molecular flexibility index (Phi) is 4.87. The number of amides is 1. The van der Waals surface area contributed by atoms with Crippen molar-refractivity contribution in [3.8, 4) is 5.75 Å². The molecule has 3 aromatic carbocycles. The lowest BCUT2D eigenvalue weighted by atomic mass is 10.1. The van der Waals surface area contributed by atoms with Crippen LogP contribution in [0.4, 0.5) is 0 Å². The highest BCUT2D eigenvalue weighted by atomic mass is 16.5. The molecule has 3 aromatic rings. The van der Waals surface area contributed by atoms with Crippen molar-refractivity contribution >= 4 is 22.9 Å². The van der Waals surface area contributed by atoms with Gasteiger partial charge in [0.25, 0.3) is 5.91 Å². The molecular formula is C20H18N2O2. The second kappa shape index (κ2) is 7.42. The van der Waals surface area contributed by atoms with Gasteiger partial charge in [0.15, 0.2) is 6.61 Å². The summed E-state index contributed by atoms with van der Waals surface area (Å²) in [5.41, 5.74) is 4.54. The number of ether oxygens (including phenoxy) is 1. The van der Waals surface area contributed by atoms with Crippen LogP contribution in [0.5, 0.6) is 5.75 Å². The van der Waals surface area contributed by atoms with Crippen LogP contribution in [0.1, 0.15) is 11.1 Å². The third kappa shape index (κ3) is 4.20. The number of hydrogen-bond acceptors (Lipinski definition) is 3. The monoisotopic (exact) mass is 318 g/mol. The molecule has 0 saturated carbocycles. The molecule has 0 aromatic heterocycles. The zero-order chi connectivity index (χ0) is 16.8. The fourth-order valence-electron chi connectivity index (χ4n) is 2.37. The van der Waals surface area contributed by atoms with Crippen LogP contribution in [0.15, 0.2) is 71.8 Å². The normalized spacial score (nSPS) is 10.9. The van der Waals surface area contributed by atoms with Crippen molar-refractivity contribution < 1.29 is 9.53 Å². The molecule has 0 unspecified atom stereocenters. The Balaban J connectivity index is 1.53. The van der Waals surface area contributed by atoms with Crippen molar-refractivity contribution in [1.82, 2.24) is 5.43 Å². The fraction of sp³-hybridized carbons (Fsp3) is 0.100. The Hall–Kier alpha value is -3.14. The van der Waals surface area contributed by atoms with E-state index >= 15 is 0 Å². The van der Waals surface area contributed by atoms with Gasteiger partial charge in [-0.05, 0) is 35.4 Å². The minimum atomic E-state index is -0.299. The molecule has 0 aliphatic heterocycles. The van der Waals surface area contributed by atoms with Crippen LogP contribution in [0, 0.1) is 6.92 Å². The molecule has 4 heteroatoms. The second-order valence-corrected chi connectivity index (χ2v) is 5.50. The van der Waals surface area contributed by atoms with Crippen molar-refractivity contribution in [2.75, 3.05) is 6.61 Å². The van der Waals surface area contributed by atoms with Gasteiger partial charge in [-0.1, -0.05) is 60.2 Å². The van der Waals surface area contributed by atoms with Crippen LogP contribution in [0.2, 0.25) is 0 Å². The van der Waals surface area contributed by atoms with E-state index < -0.39 is 0 Å². The number of hydrazone groups is 1. The molecular weight excluding hydrogens is 300 g/mol. The van der Waals surface area contributed by atoms with E-state index in [9.17, 15) is 4.79 Å². The Morgan fingerprint density at radius 1 is 1.04 bits per heavy atom. The van der Waals surface area contributed by atoms with Crippen LogP contribution in [-0.4, -0.2) is 18.7 Å². The lowest BCUT2D eigenvalue weighted by molar-refractivity contribution is -0.123. The van der Waals surface area contributed by atoms with Gasteiger partial charge < -0.3 is 4.74 Å². The molecule has 3 rings (SSSR count). The van der Waals surface area contributed by atoms with E-state index in [2.05, 4.69) is 10.5 Å². The van der Waals surface area contributed by atoms with Crippen molar-refractivity contribution in [3.05, 3.63) is 77.9 Å². The summed E-state index contributed by atoms with van der Waals surface area (Å²) in [4.78, 5) is 11.8. The van der Waals surface area contributed by atoms with E-state index in [0.717, 1.165) is 21.9 Å². The summed E-state index contributed by atoms with van der Waals surface area (Å²) >= 11 is 0. The number of carbonyl (C=O) groups is 1. The highest BCUT2D eigenvalue weighted by Gasteiger charge is 2.02. The molecule has 4 nitrogen and oxygen atoms in total. The van der Waals surface area contributed by atoms with Gasteiger partial charge in [0.1, 0.15) is 5.75 Å². The van der Waals surface area contributed by atoms with Crippen LogP contribution < -0.4 is 10.2 Å². The summed E-state index contributed by atoms with van der Waals surface area (Å²) < 4.78 is 5.51. The topological polar surface area (TPSA) is 50.7 Å². The number of fused-ring (bicyclic) bond motifs is 1. The Morgan fingerprint density at radius 2 is 1.88 bits per heavy atom. The molecule has 0 aliphatic rings. The SMILES string of the molecule is Cc1cccc(/C=N/NC(=O)COc2ccc3ccccc3c2)c1. The van der Waals surface area contributed by atoms with E-state index in [1.807, 2.05) is 73.7 Å². The van der Waals surface area contributed by atoms with Crippen molar-refractivity contribution in [1.29, 1.82) is 0 Å². The molecule has 24 heavy (non-hydrogen) atoms. The Labute approximate surface area is 140 Å². The highest BCUT2D eigenvalue weighted by Crippen LogP contribution is 2.20. The summed E-state index contributed by atoms with van der Waals surface area (Å²) in [5, 5.41) is 6.15. The zero-order valence-corrected chi connectivity index (χ0v) is 13.4. The Bertz CT molecular complexity index is 887. The van der Waals surface area contributed by atoms with Crippen molar-refractivity contribution in [3.63, 3.8) is 0 Å². The fourth-order valence-corrected chi connectivity index (χ4v) is 2.37. The molecule has 0 spiro atoms. The lowest BCUT2D eigenvalue weighted by Crippen LogP contribution is -2.24. The third-order valence-electron chi connectivity index (χ3n) is 3.54. The summed E-state index contributed by atoms with van der Waals surface area (Å²) in [6.45, 7) is 1.93. The average Bonchev–Trinajstić information content (AvgIpc) is 2.60. The van der Waals surface area contributed by atoms with Gasteiger partial charge in [-0.15, -0.1) is 0 Å². The number of rotatable bonds is 5. The molecule has 0 fully saturated rings. The van der Waals surface area contributed by atoms with Gasteiger partial charge in [-0.25, -0.2) is 5.43 Å². The first kappa shape index (κ1) is 15.7. The standard InChI is InChI=1S/C20H18N2O2/c1-15-5-4-6-16(11-15)13-21-22-20(23)14-24-19-10-9-17-7-2-3-8-18(17)12-19/h2-13H,14H2,1H3,(H,22,23)/b21-13+. The van der Waals surface area contributed by atoms with Gasteiger partial charge in [-0.3, -0.25) is 4.79 Å². The largest absolute Gasteiger partial charge is 0.484 e. The Morgan fingerprint density at radius 3 is 2.71 bits per heavy atom. The second-order valence-electron chi connectivity index (χ2n) is 5.50. The predicted molar refractivity (Wildman–Crippen MR) is 96.4 cm³/mol. The van der Waals surface area contributed by atoms with E-state index in [1.165, 1.54) is 0 Å². The smallest absolute Gasteiger partial charge is 0.277 e. The molecule has 0 radical (unpaired) electrons. The number of aryl methyl sites for hydroxylation is 1. The van der Waals surface area contributed by atoms with Gasteiger partial charge in [0.2, 0.25) is 0 Å².